The summed E-state index contributed by atoms with van der Waals surface area (Å²) in [5, 5.41) is 11.8. The largest absolute Gasteiger partial charge is 0.391 e. The summed E-state index contributed by atoms with van der Waals surface area (Å²) >= 11 is 5.50. The second-order valence-corrected chi connectivity index (χ2v) is 6.52. The molecule has 0 aliphatic heterocycles. The number of thiol groups is 1. The molecule has 3 aromatic heterocycles. The Morgan fingerprint density at radius 1 is 1.33 bits per heavy atom. The molecule has 2 amide bonds. The molecule has 24 heavy (non-hydrogen) atoms. The topological polar surface area (TPSA) is 91.2 Å². The van der Waals surface area contributed by atoms with E-state index < -0.39 is 0 Å². The van der Waals surface area contributed by atoms with Gasteiger partial charge < -0.3 is 5.11 Å². The van der Waals surface area contributed by atoms with Gasteiger partial charge in [0.15, 0.2) is 5.65 Å². The summed E-state index contributed by atoms with van der Waals surface area (Å²) in [5.74, 6) is 0.383. The number of urea groups is 1. The maximum absolute atomic E-state index is 11.8. The van der Waals surface area contributed by atoms with Crippen molar-refractivity contribution in [2.45, 2.75) is 13.5 Å². The molecule has 3 aromatic rings. The van der Waals surface area contributed by atoms with Gasteiger partial charge in [0.05, 0.1) is 17.7 Å². The number of rotatable bonds is 4. The van der Waals surface area contributed by atoms with Crippen LogP contribution < -0.4 is 5.32 Å². The van der Waals surface area contributed by atoms with Crippen molar-refractivity contribution in [2.75, 3.05) is 11.9 Å². The summed E-state index contributed by atoms with van der Waals surface area (Å²) in [6.07, 6.45) is 1.67. The summed E-state index contributed by atoms with van der Waals surface area (Å²) in [6.45, 7) is 2.29. The molecule has 2 N–H and O–H groups in total. The van der Waals surface area contributed by atoms with Gasteiger partial charge >= 0.3 is 6.03 Å². The highest BCUT2D eigenvalue weighted by molar-refractivity contribution is 7.78. The first kappa shape index (κ1) is 16.6. The van der Waals surface area contributed by atoms with Crippen LogP contribution in [0.5, 0.6) is 0 Å². The molecule has 0 aromatic carbocycles. The highest BCUT2D eigenvalue weighted by Crippen LogP contribution is 2.27. The highest BCUT2D eigenvalue weighted by Gasteiger charge is 2.11. The second kappa shape index (κ2) is 7.12. The van der Waals surface area contributed by atoms with Gasteiger partial charge in [0.25, 0.3) is 0 Å². The Kier molecular flexibility index (Phi) is 4.93. The highest BCUT2D eigenvalue weighted by atomic mass is 32.1. The van der Waals surface area contributed by atoms with Crippen LogP contribution >= 0.6 is 24.2 Å². The number of aliphatic hydroxyl groups is 1. The van der Waals surface area contributed by atoms with Crippen LogP contribution in [0.1, 0.15) is 11.8 Å². The van der Waals surface area contributed by atoms with Crippen LogP contribution in [0.25, 0.3) is 21.7 Å². The Hall–Kier alpha value is -2.23. The van der Waals surface area contributed by atoms with Crippen molar-refractivity contribution in [3.8, 4) is 10.6 Å². The van der Waals surface area contributed by atoms with Gasteiger partial charge in [-0.2, -0.15) is 0 Å². The molecule has 0 unspecified atom stereocenters. The Morgan fingerprint density at radius 2 is 2.17 bits per heavy atom. The maximum Gasteiger partial charge on any atom is 0.332 e. The van der Waals surface area contributed by atoms with E-state index in [0.717, 1.165) is 9.75 Å². The number of carbonyl (C=O) groups is 1. The van der Waals surface area contributed by atoms with Crippen LogP contribution in [0.4, 0.5) is 10.6 Å². The molecule has 124 valence electrons. The van der Waals surface area contributed by atoms with Crippen LogP contribution in [0.3, 0.4) is 0 Å². The molecule has 0 bridgehead atoms. The Morgan fingerprint density at radius 3 is 2.88 bits per heavy atom. The van der Waals surface area contributed by atoms with Gasteiger partial charge in [-0.05, 0) is 31.2 Å². The normalized spacial score (nSPS) is 10.8. The fraction of sp³-hybridized carbons (Fsp3) is 0.200. The van der Waals surface area contributed by atoms with Crippen molar-refractivity contribution in [1.29, 1.82) is 0 Å². The van der Waals surface area contributed by atoms with E-state index in [-0.39, 0.29) is 12.6 Å². The van der Waals surface area contributed by atoms with Crippen molar-refractivity contribution in [3.63, 3.8) is 0 Å². The lowest BCUT2D eigenvalue weighted by Crippen LogP contribution is -2.27. The van der Waals surface area contributed by atoms with Crippen LogP contribution in [0.15, 0.2) is 30.5 Å². The summed E-state index contributed by atoms with van der Waals surface area (Å²) in [6, 6.07) is 6.79. The van der Waals surface area contributed by atoms with Gasteiger partial charge in [0.1, 0.15) is 17.0 Å². The molecular formula is C15H15N5O2S2. The number of thiophene rings is 1. The molecule has 0 spiro atoms. The molecule has 9 heteroatoms. The zero-order valence-electron chi connectivity index (χ0n) is 12.8. The van der Waals surface area contributed by atoms with Gasteiger partial charge in [-0.15, -0.1) is 11.3 Å². The number of anilines is 1. The Labute approximate surface area is 147 Å². The number of nitrogens with one attached hydrogen (secondary N) is 1. The minimum Gasteiger partial charge on any atom is -0.391 e. The zero-order valence-corrected chi connectivity index (χ0v) is 14.5. The number of fused-ring (bicyclic) bond motifs is 1. The molecule has 7 nitrogen and oxygen atoms in total. The van der Waals surface area contributed by atoms with Crippen LogP contribution in [0.2, 0.25) is 0 Å². The van der Waals surface area contributed by atoms with Crippen molar-refractivity contribution < 1.29 is 9.90 Å². The summed E-state index contributed by atoms with van der Waals surface area (Å²) < 4.78 is 1.25. The predicted octanol–water partition coefficient (Wildman–Crippen LogP) is 2.94. The molecular weight excluding hydrogens is 346 g/mol. The zero-order chi connectivity index (χ0) is 17.1. The molecule has 3 heterocycles. The predicted molar refractivity (Wildman–Crippen MR) is 97.0 cm³/mol. The molecule has 0 fully saturated rings. The van der Waals surface area contributed by atoms with Gasteiger partial charge in [-0.3, -0.25) is 14.6 Å². The van der Waals surface area contributed by atoms with Crippen molar-refractivity contribution in [1.82, 2.24) is 19.3 Å². The average molecular weight is 361 g/mol. The number of aromatic nitrogens is 3. The van der Waals surface area contributed by atoms with E-state index in [0.29, 0.717) is 29.2 Å². The molecule has 0 radical (unpaired) electrons. The molecule has 0 atom stereocenters. The van der Waals surface area contributed by atoms with Crippen molar-refractivity contribution >= 4 is 47.2 Å². The van der Waals surface area contributed by atoms with Crippen LogP contribution in [-0.4, -0.2) is 36.9 Å². The summed E-state index contributed by atoms with van der Waals surface area (Å²) in [7, 11) is 0. The monoisotopic (exact) mass is 361 g/mol. The SMILES string of the molecule is CCN(S)C(=O)Nc1ccc2ncc(-c3ccc(CO)s3)nc2n1. The number of nitrogens with zero attached hydrogens (tertiary/aromatic N) is 4. The number of hydrogen-bond acceptors (Lipinski definition) is 7. The summed E-state index contributed by atoms with van der Waals surface area (Å²) in [4.78, 5) is 26.8. The van der Waals surface area contributed by atoms with E-state index in [1.54, 1.807) is 18.3 Å². The van der Waals surface area contributed by atoms with E-state index in [9.17, 15) is 4.79 Å². The third-order valence-electron chi connectivity index (χ3n) is 3.25. The molecule has 3 rings (SSSR count). The first-order chi connectivity index (χ1) is 11.6. The van der Waals surface area contributed by atoms with Crippen molar-refractivity contribution in [3.05, 3.63) is 35.3 Å². The third kappa shape index (κ3) is 3.48. The quantitative estimate of drug-likeness (QED) is 0.622. The Bertz CT molecular complexity index is 883. The van der Waals surface area contributed by atoms with Gasteiger partial charge in [0.2, 0.25) is 0 Å². The first-order valence-electron chi connectivity index (χ1n) is 7.22. The number of amides is 2. The van der Waals surface area contributed by atoms with Crippen LogP contribution in [-0.2, 0) is 6.61 Å². The van der Waals surface area contributed by atoms with E-state index in [4.69, 9.17) is 5.11 Å². The van der Waals surface area contributed by atoms with Crippen LogP contribution in [0, 0.1) is 0 Å². The molecule has 0 aliphatic rings. The molecule has 0 saturated carbocycles. The second-order valence-electron chi connectivity index (χ2n) is 4.86. The fourth-order valence-corrected chi connectivity index (χ4v) is 2.88. The number of carbonyl (C=O) groups excluding carboxylic acids is 1. The lowest BCUT2D eigenvalue weighted by Gasteiger charge is -2.13. The van der Waals surface area contributed by atoms with E-state index in [2.05, 4.69) is 33.1 Å². The first-order valence-corrected chi connectivity index (χ1v) is 8.43. The number of pyridine rings is 1. The molecule has 0 aliphatic carbocycles. The minimum absolute atomic E-state index is 0.00222. The standard InChI is InChI=1S/C15H15N5O2S2/c1-2-20(23)15(22)19-13-6-4-10-14(18-13)17-11(7-16-10)12-5-3-9(8-21)24-12/h3-7,21,23H,2,8H2,1H3,(H,17,18,19,22). The van der Waals surface area contributed by atoms with E-state index in [1.165, 1.54) is 15.6 Å². The van der Waals surface area contributed by atoms with Gasteiger partial charge in [-0.25, -0.2) is 14.8 Å². The van der Waals surface area contributed by atoms with E-state index >= 15 is 0 Å². The average Bonchev–Trinajstić information content (AvgIpc) is 3.09. The summed E-state index contributed by atoms with van der Waals surface area (Å²) in [5.41, 5.74) is 1.74. The van der Waals surface area contributed by atoms with Gasteiger partial charge in [-0.1, -0.05) is 12.8 Å². The maximum atomic E-state index is 11.8. The number of hydrogen-bond donors (Lipinski definition) is 3. The molecule has 0 saturated heterocycles. The fourth-order valence-electron chi connectivity index (χ4n) is 2.00. The van der Waals surface area contributed by atoms with Crippen molar-refractivity contribution in [2.24, 2.45) is 0 Å². The van der Waals surface area contributed by atoms with Gasteiger partial charge in [0, 0.05) is 11.4 Å². The smallest absolute Gasteiger partial charge is 0.332 e. The van der Waals surface area contributed by atoms with E-state index in [1.807, 2.05) is 19.1 Å². The lowest BCUT2D eigenvalue weighted by molar-refractivity contribution is 0.240. The third-order valence-corrected chi connectivity index (χ3v) is 4.80. The number of aliphatic hydroxyl groups excluding tert-OH is 1. The Balaban J connectivity index is 1.91. The minimum atomic E-state index is -0.359. The lowest BCUT2D eigenvalue weighted by atomic mass is 10.3.